The molecule has 0 bridgehead atoms. The highest BCUT2D eigenvalue weighted by molar-refractivity contribution is 5.90. The molecule has 2 rings (SSSR count). The third-order valence-corrected chi connectivity index (χ3v) is 2.95. The Morgan fingerprint density at radius 1 is 1.40 bits per heavy atom. The highest BCUT2D eigenvalue weighted by Crippen LogP contribution is 2.20. The molecule has 0 fully saturated rings. The second-order valence-corrected chi connectivity index (χ2v) is 4.37. The van der Waals surface area contributed by atoms with Gasteiger partial charge in [0.1, 0.15) is 12.1 Å². The molecule has 6 heteroatoms. The number of nitrogens with zero attached hydrogens (tertiary/aromatic N) is 3. The number of para-hydroxylation sites is 1. The van der Waals surface area contributed by atoms with Crippen LogP contribution in [0.1, 0.15) is 29.5 Å². The standard InChI is InChI=1S/C14H18N4O2/c1-3-8-18(14(19)13-15-10-16-17-13)9-11-6-4-5-7-12(11)20-2/h4-7,10H,3,8-9H2,1-2H3,(H,15,16,17). The molecule has 1 aromatic carbocycles. The van der Waals surface area contributed by atoms with Crippen LogP contribution in [0.15, 0.2) is 30.6 Å². The van der Waals surface area contributed by atoms with E-state index in [4.69, 9.17) is 4.74 Å². The molecule has 1 heterocycles. The molecule has 0 aliphatic heterocycles. The normalized spacial score (nSPS) is 10.3. The van der Waals surface area contributed by atoms with Crippen LogP contribution < -0.4 is 4.74 Å². The van der Waals surface area contributed by atoms with Gasteiger partial charge in [0, 0.05) is 18.7 Å². The summed E-state index contributed by atoms with van der Waals surface area (Å²) in [6.07, 6.45) is 2.20. The SMILES string of the molecule is CCCN(Cc1ccccc1OC)C(=O)c1ncn[nH]1. The minimum absolute atomic E-state index is 0.157. The average molecular weight is 274 g/mol. The Kier molecular flexibility index (Phi) is 4.70. The van der Waals surface area contributed by atoms with Gasteiger partial charge in [-0.3, -0.25) is 9.89 Å². The fraction of sp³-hybridized carbons (Fsp3) is 0.357. The summed E-state index contributed by atoms with van der Waals surface area (Å²) < 4.78 is 5.32. The molecule has 106 valence electrons. The molecule has 0 saturated heterocycles. The van der Waals surface area contributed by atoms with Gasteiger partial charge in [0.25, 0.3) is 5.91 Å². The van der Waals surface area contributed by atoms with Crippen molar-refractivity contribution in [2.45, 2.75) is 19.9 Å². The van der Waals surface area contributed by atoms with Crippen molar-refractivity contribution in [3.63, 3.8) is 0 Å². The van der Waals surface area contributed by atoms with E-state index >= 15 is 0 Å². The summed E-state index contributed by atoms with van der Waals surface area (Å²) in [5.74, 6) is 0.877. The molecule has 0 atom stereocenters. The van der Waals surface area contributed by atoms with Gasteiger partial charge in [0.05, 0.1) is 7.11 Å². The van der Waals surface area contributed by atoms with E-state index < -0.39 is 0 Å². The zero-order valence-electron chi connectivity index (χ0n) is 11.7. The number of aromatic nitrogens is 3. The molecule has 1 aromatic heterocycles. The maximum atomic E-state index is 12.4. The lowest BCUT2D eigenvalue weighted by atomic mass is 10.2. The first kappa shape index (κ1) is 14.0. The van der Waals surface area contributed by atoms with Crippen molar-refractivity contribution in [1.82, 2.24) is 20.1 Å². The maximum absolute atomic E-state index is 12.4. The molecule has 0 unspecified atom stereocenters. The lowest BCUT2D eigenvalue weighted by Crippen LogP contribution is -2.32. The van der Waals surface area contributed by atoms with E-state index in [1.54, 1.807) is 12.0 Å². The number of ether oxygens (including phenoxy) is 1. The summed E-state index contributed by atoms with van der Waals surface area (Å²) in [6.45, 7) is 3.16. The van der Waals surface area contributed by atoms with Crippen LogP contribution in [-0.2, 0) is 6.54 Å². The fourth-order valence-electron chi connectivity index (χ4n) is 2.02. The van der Waals surface area contributed by atoms with Gasteiger partial charge >= 0.3 is 0 Å². The summed E-state index contributed by atoms with van der Waals surface area (Å²) in [5.41, 5.74) is 0.969. The molecule has 0 aliphatic carbocycles. The van der Waals surface area contributed by atoms with Gasteiger partial charge in [-0.05, 0) is 12.5 Å². The first-order valence-electron chi connectivity index (χ1n) is 6.52. The average Bonchev–Trinajstić information content (AvgIpc) is 3.01. The zero-order valence-corrected chi connectivity index (χ0v) is 11.7. The van der Waals surface area contributed by atoms with Crippen LogP contribution in [0, 0.1) is 0 Å². The van der Waals surface area contributed by atoms with Crippen LogP contribution in [0.5, 0.6) is 5.75 Å². The molecule has 6 nitrogen and oxygen atoms in total. The second kappa shape index (κ2) is 6.70. The van der Waals surface area contributed by atoms with Crippen molar-refractivity contribution < 1.29 is 9.53 Å². The summed E-state index contributed by atoms with van der Waals surface area (Å²) in [4.78, 5) is 18.0. The van der Waals surface area contributed by atoms with Crippen LogP contribution in [0.4, 0.5) is 0 Å². The van der Waals surface area contributed by atoms with Gasteiger partial charge < -0.3 is 9.64 Å². The third-order valence-electron chi connectivity index (χ3n) is 2.95. The van der Waals surface area contributed by atoms with Gasteiger partial charge in [-0.15, -0.1) is 0 Å². The zero-order chi connectivity index (χ0) is 14.4. The number of methoxy groups -OCH3 is 1. The predicted octanol–water partition coefficient (Wildman–Crippen LogP) is 1.87. The van der Waals surface area contributed by atoms with Crippen LogP contribution in [0.25, 0.3) is 0 Å². The number of benzene rings is 1. The van der Waals surface area contributed by atoms with E-state index in [-0.39, 0.29) is 11.7 Å². The van der Waals surface area contributed by atoms with Crippen molar-refractivity contribution in [3.05, 3.63) is 42.0 Å². The van der Waals surface area contributed by atoms with Crippen molar-refractivity contribution in [2.75, 3.05) is 13.7 Å². The van der Waals surface area contributed by atoms with Crippen LogP contribution in [-0.4, -0.2) is 39.6 Å². The monoisotopic (exact) mass is 274 g/mol. The Morgan fingerprint density at radius 3 is 2.85 bits per heavy atom. The molecule has 0 radical (unpaired) electrons. The first-order valence-corrected chi connectivity index (χ1v) is 6.52. The molecule has 2 aromatic rings. The van der Waals surface area contributed by atoms with Crippen LogP contribution in [0.3, 0.4) is 0 Å². The molecule has 0 saturated carbocycles. The van der Waals surface area contributed by atoms with Crippen molar-refractivity contribution in [3.8, 4) is 5.75 Å². The van der Waals surface area contributed by atoms with Crippen molar-refractivity contribution >= 4 is 5.91 Å². The number of rotatable bonds is 6. The largest absolute Gasteiger partial charge is 0.496 e. The van der Waals surface area contributed by atoms with E-state index in [1.807, 2.05) is 31.2 Å². The molecule has 1 N–H and O–H groups in total. The van der Waals surface area contributed by atoms with E-state index in [2.05, 4.69) is 15.2 Å². The Bertz CT molecular complexity index is 554. The molecule has 0 spiro atoms. The Labute approximate surface area is 117 Å². The Hall–Kier alpha value is -2.37. The van der Waals surface area contributed by atoms with Crippen LogP contribution in [0.2, 0.25) is 0 Å². The first-order chi connectivity index (χ1) is 9.76. The molecule has 20 heavy (non-hydrogen) atoms. The summed E-state index contributed by atoms with van der Waals surface area (Å²) in [6, 6.07) is 7.68. The minimum Gasteiger partial charge on any atom is -0.496 e. The van der Waals surface area contributed by atoms with Crippen LogP contribution >= 0.6 is 0 Å². The predicted molar refractivity (Wildman–Crippen MR) is 74.4 cm³/mol. The summed E-state index contributed by atoms with van der Waals surface area (Å²) in [7, 11) is 1.63. The highest BCUT2D eigenvalue weighted by Gasteiger charge is 2.19. The quantitative estimate of drug-likeness (QED) is 0.873. The van der Waals surface area contributed by atoms with Crippen molar-refractivity contribution in [2.24, 2.45) is 0 Å². The fourth-order valence-corrected chi connectivity index (χ4v) is 2.02. The van der Waals surface area contributed by atoms with E-state index in [0.29, 0.717) is 13.1 Å². The van der Waals surface area contributed by atoms with Gasteiger partial charge in [-0.1, -0.05) is 25.1 Å². The summed E-state index contributed by atoms with van der Waals surface area (Å²) >= 11 is 0. The van der Waals surface area contributed by atoms with Gasteiger partial charge in [-0.2, -0.15) is 5.10 Å². The Balaban J connectivity index is 2.19. The molecule has 0 aliphatic rings. The minimum atomic E-state index is -0.157. The summed E-state index contributed by atoms with van der Waals surface area (Å²) in [5, 5.41) is 6.32. The number of hydrogen-bond donors (Lipinski definition) is 1. The van der Waals surface area contributed by atoms with Gasteiger partial charge in [-0.25, -0.2) is 4.98 Å². The number of hydrogen-bond acceptors (Lipinski definition) is 4. The van der Waals surface area contributed by atoms with E-state index in [0.717, 1.165) is 17.7 Å². The lowest BCUT2D eigenvalue weighted by molar-refractivity contribution is 0.0730. The van der Waals surface area contributed by atoms with Gasteiger partial charge in [0.15, 0.2) is 0 Å². The number of carbonyl (C=O) groups excluding carboxylic acids is 1. The smallest absolute Gasteiger partial charge is 0.291 e. The third kappa shape index (κ3) is 3.14. The molecular weight excluding hydrogens is 256 g/mol. The molecule has 1 amide bonds. The van der Waals surface area contributed by atoms with E-state index in [1.165, 1.54) is 6.33 Å². The van der Waals surface area contributed by atoms with Gasteiger partial charge in [0.2, 0.25) is 5.82 Å². The lowest BCUT2D eigenvalue weighted by Gasteiger charge is -2.22. The number of nitrogens with one attached hydrogen (secondary N) is 1. The Morgan fingerprint density at radius 2 is 2.20 bits per heavy atom. The number of aromatic amines is 1. The topological polar surface area (TPSA) is 71.1 Å². The number of carbonyl (C=O) groups is 1. The van der Waals surface area contributed by atoms with E-state index in [9.17, 15) is 4.79 Å². The highest BCUT2D eigenvalue weighted by atomic mass is 16.5. The second-order valence-electron chi connectivity index (χ2n) is 4.37. The maximum Gasteiger partial charge on any atom is 0.291 e. The van der Waals surface area contributed by atoms with Crippen molar-refractivity contribution in [1.29, 1.82) is 0 Å². The number of H-pyrrole nitrogens is 1. The molecular formula is C14H18N4O2. The number of amides is 1.